The summed E-state index contributed by atoms with van der Waals surface area (Å²) >= 11 is 0. The Morgan fingerprint density at radius 3 is 2.93 bits per heavy atom. The van der Waals surface area contributed by atoms with Gasteiger partial charge in [-0.15, -0.1) is 0 Å². The van der Waals surface area contributed by atoms with E-state index in [4.69, 9.17) is 5.73 Å². The fraction of sp³-hybridized carbons (Fsp3) is 0.556. The number of nitrogens with two attached hydrogens (primary N) is 1. The lowest BCUT2D eigenvalue weighted by molar-refractivity contribution is 0.0948. The molecule has 1 heterocycles. The second-order valence-electron chi connectivity index (χ2n) is 3.61. The van der Waals surface area contributed by atoms with Crippen LogP contribution in [0.15, 0.2) is 6.20 Å². The molecule has 15 heavy (non-hydrogen) atoms. The van der Waals surface area contributed by atoms with Gasteiger partial charge in [-0.1, -0.05) is 0 Å². The van der Waals surface area contributed by atoms with Crippen LogP contribution in [0.2, 0.25) is 0 Å². The van der Waals surface area contributed by atoms with E-state index in [2.05, 4.69) is 20.4 Å². The zero-order valence-electron chi connectivity index (χ0n) is 9.08. The van der Waals surface area contributed by atoms with Crippen LogP contribution >= 0.6 is 0 Å². The number of amides is 1. The molecular weight excluding hydrogens is 194 g/mol. The molecule has 0 aliphatic carbocycles. The van der Waals surface area contributed by atoms with Gasteiger partial charge in [0.25, 0.3) is 5.91 Å². The maximum absolute atomic E-state index is 11.5. The molecule has 0 bridgehead atoms. The molecule has 84 valence electrons. The second-order valence-corrected chi connectivity index (χ2v) is 3.61. The van der Waals surface area contributed by atoms with Crippen molar-refractivity contribution in [3.63, 3.8) is 0 Å². The number of nitrogens with zero attached hydrogens (tertiary/aromatic N) is 2. The van der Waals surface area contributed by atoms with E-state index in [-0.39, 0.29) is 5.91 Å². The number of aromatic nitrogens is 2. The fourth-order valence-electron chi connectivity index (χ4n) is 1.16. The van der Waals surface area contributed by atoms with Crippen LogP contribution in [0.5, 0.6) is 0 Å². The Bertz CT molecular complexity index is 320. The van der Waals surface area contributed by atoms with Gasteiger partial charge < -0.3 is 16.0 Å². The molecule has 0 spiro atoms. The Labute approximate surface area is 88.8 Å². The van der Waals surface area contributed by atoms with E-state index in [0.29, 0.717) is 17.9 Å². The van der Waals surface area contributed by atoms with Gasteiger partial charge in [-0.25, -0.2) is 0 Å². The van der Waals surface area contributed by atoms with E-state index >= 15 is 0 Å². The van der Waals surface area contributed by atoms with Gasteiger partial charge in [-0.3, -0.25) is 9.89 Å². The largest absolute Gasteiger partial charge is 0.396 e. The minimum atomic E-state index is -0.205. The third-order valence-electron chi connectivity index (χ3n) is 1.96. The highest BCUT2D eigenvalue weighted by molar-refractivity contribution is 5.96. The highest BCUT2D eigenvalue weighted by Gasteiger charge is 2.10. The molecule has 1 amide bonds. The summed E-state index contributed by atoms with van der Waals surface area (Å²) < 4.78 is 0. The second kappa shape index (κ2) is 5.35. The van der Waals surface area contributed by atoms with Crippen LogP contribution in [0.4, 0.5) is 5.69 Å². The molecule has 0 radical (unpaired) electrons. The van der Waals surface area contributed by atoms with Gasteiger partial charge in [-0.2, -0.15) is 5.10 Å². The SMILES string of the molecule is CN(C)CCCNC(=O)c1[nH]ncc1N. The lowest BCUT2D eigenvalue weighted by atomic mass is 10.3. The third kappa shape index (κ3) is 3.59. The van der Waals surface area contributed by atoms with Gasteiger partial charge in [0.2, 0.25) is 0 Å². The van der Waals surface area contributed by atoms with Gasteiger partial charge in [0.15, 0.2) is 0 Å². The van der Waals surface area contributed by atoms with Crippen molar-refractivity contribution in [3.05, 3.63) is 11.9 Å². The number of hydrogen-bond acceptors (Lipinski definition) is 4. The maximum atomic E-state index is 11.5. The summed E-state index contributed by atoms with van der Waals surface area (Å²) in [6.07, 6.45) is 2.33. The first-order valence-corrected chi connectivity index (χ1v) is 4.83. The number of hydrogen-bond donors (Lipinski definition) is 3. The predicted octanol–water partition coefficient (Wildman–Crippen LogP) is -0.327. The summed E-state index contributed by atoms with van der Waals surface area (Å²) in [5.74, 6) is -0.205. The van der Waals surface area contributed by atoms with Crippen molar-refractivity contribution >= 4 is 11.6 Å². The van der Waals surface area contributed by atoms with Crippen LogP contribution in [0.25, 0.3) is 0 Å². The molecule has 0 atom stereocenters. The molecular formula is C9H17N5O. The lowest BCUT2D eigenvalue weighted by Gasteiger charge is -2.09. The molecule has 0 aliphatic rings. The molecule has 0 saturated heterocycles. The first-order chi connectivity index (χ1) is 7.11. The van der Waals surface area contributed by atoms with Crippen LogP contribution < -0.4 is 11.1 Å². The number of carbonyl (C=O) groups is 1. The van der Waals surface area contributed by atoms with E-state index in [1.54, 1.807) is 0 Å². The molecule has 4 N–H and O–H groups in total. The molecule has 1 rings (SSSR count). The summed E-state index contributed by atoms with van der Waals surface area (Å²) in [6, 6.07) is 0. The maximum Gasteiger partial charge on any atom is 0.271 e. The van der Waals surface area contributed by atoms with Crippen LogP contribution in [0.1, 0.15) is 16.9 Å². The van der Waals surface area contributed by atoms with Gasteiger partial charge in [0.1, 0.15) is 5.69 Å². The minimum Gasteiger partial charge on any atom is -0.396 e. The number of nitrogen functional groups attached to an aromatic ring is 1. The number of anilines is 1. The zero-order valence-corrected chi connectivity index (χ0v) is 9.08. The molecule has 6 nitrogen and oxygen atoms in total. The van der Waals surface area contributed by atoms with Gasteiger partial charge >= 0.3 is 0 Å². The Morgan fingerprint density at radius 2 is 2.40 bits per heavy atom. The Morgan fingerprint density at radius 1 is 1.67 bits per heavy atom. The summed E-state index contributed by atoms with van der Waals surface area (Å²) in [4.78, 5) is 13.6. The number of aromatic amines is 1. The normalized spacial score (nSPS) is 10.6. The lowest BCUT2D eigenvalue weighted by Crippen LogP contribution is -2.27. The van der Waals surface area contributed by atoms with Crippen molar-refractivity contribution in [2.45, 2.75) is 6.42 Å². The highest BCUT2D eigenvalue weighted by Crippen LogP contribution is 2.04. The van der Waals surface area contributed by atoms with Crippen LogP contribution in [0, 0.1) is 0 Å². The molecule has 0 fully saturated rings. The summed E-state index contributed by atoms with van der Waals surface area (Å²) in [5, 5.41) is 9.00. The van der Waals surface area contributed by atoms with Gasteiger partial charge in [0.05, 0.1) is 11.9 Å². The first-order valence-electron chi connectivity index (χ1n) is 4.83. The molecule has 0 unspecified atom stereocenters. The average Bonchev–Trinajstić information content (AvgIpc) is 2.58. The Balaban J connectivity index is 2.28. The van der Waals surface area contributed by atoms with Crippen molar-refractivity contribution < 1.29 is 4.79 Å². The Hall–Kier alpha value is -1.56. The van der Waals surface area contributed by atoms with E-state index in [1.807, 2.05) is 14.1 Å². The molecule has 0 saturated carbocycles. The molecule has 1 aromatic rings. The van der Waals surface area contributed by atoms with Crippen LogP contribution in [-0.2, 0) is 0 Å². The fourth-order valence-corrected chi connectivity index (χ4v) is 1.16. The first kappa shape index (κ1) is 11.5. The molecule has 6 heteroatoms. The quantitative estimate of drug-likeness (QED) is 0.582. The van der Waals surface area contributed by atoms with Crippen LogP contribution in [-0.4, -0.2) is 48.2 Å². The number of carbonyl (C=O) groups excluding carboxylic acids is 1. The van der Waals surface area contributed by atoms with Crippen molar-refractivity contribution in [1.29, 1.82) is 0 Å². The molecule has 0 aliphatic heterocycles. The Kier molecular flexibility index (Phi) is 4.11. The minimum absolute atomic E-state index is 0.205. The van der Waals surface area contributed by atoms with Crippen molar-refractivity contribution in [2.24, 2.45) is 0 Å². The molecule has 1 aromatic heterocycles. The summed E-state index contributed by atoms with van der Waals surface area (Å²) in [7, 11) is 3.99. The zero-order chi connectivity index (χ0) is 11.3. The molecule has 0 aromatic carbocycles. The van der Waals surface area contributed by atoms with Gasteiger partial charge in [0, 0.05) is 6.54 Å². The van der Waals surface area contributed by atoms with Crippen molar-refractivity contribution in [2.75, 3.05) is 32.9 Å². The monoisotopic (exact) mass is 211 g/mol. The average molecular weight is 211 g/mol. The topological polar surface area (TPSA) is 87.0 Å². The number of rotatable bonds is 5. The smallest absolute Gasteiger partial charge is 0.271 e. The standard InChI is InChI=1S/C9H17N5O/c1-14(2)5-3-4-11-9(15)8-7(10)6-12-13-8/h6H,3-5,10H2,1-2H3,(H,11,15)(H,12,13). The summed E-state index contributed by atoms with van der Waals surface area (Å²) in [6.45, 7) is 1.58. The van der Waals surface area contributed by atoms with E-state index in [9.17, 15) is 4.79 Å². The predicted molar refractivity (Wildman–Crippen MR) is 58.5 cm³/mol. The number of H-pyrrole nitrogens is 1. The van der Waals surface area contributed by atoms with E-state index in [0.717, 1.165) is 13.0 Å². The highest BCUT2D eigenvalue weighted by atomic mass is 16.1. The van der Waals surface area contributed by atoms with Crippen molar-refractivity contribution in [3.8, 4) is 0 Å². The number of nitrogens with one attached hydrogen (secondary N) is 2. The third-order valence-corrected chi connectivity index (χ3v) is 1.96. The van der Waals surface area contributed by atoms with Crippen LogP contribution in [0.3, 0.4) is 0 Å². The van der Waals surface area contributed by atoms with Crippen molar-refractivity contribution in [1.82, 2.24) is 20.4 Å². The van der Waals surface area contributed by atoms with Gasteiger partial charge in [-0.05, 0) is 27.1 Å². The van der Waals surface area contributed by atoms with E-state index < -0.39 is 0 Å². The summed E-state index contributed by atoms with van der Waals surface area (Å²) in [5.41, 5.74) is 6.24. The van der Waals surface area contributed by atoms with E-state index in [1.165, 1.54) is 6.20 Å².